The number of piperidine rings is 1. The average molecular weight is 467 g/mol. The van der Waals surface area contributed by atoms with Crippen molar-refractivity contribution in [1.29, 1.82) is 0 Å². The molecule has 1 aliphatic carbocycles. The van der Waals surface area contributed by atoms with Gasteiger partial charge in [0.25, 0.3) is 0 Å². The summed E-state index contributed by atoms with van der Waals surface area (Å²) in [7, 11) is 0. The van der Waals surface area contributed by atoms with Crippen LogP contribution in [0.15, 0.2) is 60.8 Å². The molecule has 1 saturated heterocycles. The number of para-hydroxylation sites is 2. The van der Waals surface area contributed by atoms with Gasteiger partial charge in [-0.15, -0.1) is 0 Å². The molecule has 1 fully saturated rings. The molecule has 1 aromatic carbocycles. The third kappa shape index (κ3) is 4.73. The Morgan fingerprint density at radius 3 is 2.77 bits per heavy atom. The summed E-state index contributed by atoms with van der Waals surface area (Å²) in [5.74, 6) is 1.61. The Hall–Kier alpha value is -3.09. The van der Waals surface area contributed by atoms with Gasteiger partial charge in [-0.3, -0.25) is 9.97 Å². The zero-order valence-electron chi connectivity index (χ0n) is 20.2. The molecule has 0 amide bonds. The molecule has 0 spiro atoms. The maximum atomic E-state index is 6.41. The Balaban J connectivity index is 1.30. The molecule has 35 heavy (non-hydrogen) atoms. The maximum absolute atomic E-state index is 6.41. The number of rotatable bonds is 6. The van der Waals surface area contributed by atoms with Crippen LogP contribution >= 0.6 is 0 Å². The highest BCUT2D eigenvalue weighted by molar-refractivity contribution is 5.76. The van der Waals surface area contributed by atoms with E-state index in [0.717, 1.165) is 73.6 Å². The van der Waals surface area contributed by atoms with E-state index < -0.39 is 0 Å². The number of hydrogen-bond donors (Lipinski definition) is 2. The van der Waals surface area contributed by atoms with Crippen molar-refractivity contribution < 1.29 is 0 Å². The zero-order valence-corrected chi connectivity index (χ0v) is 20.2. The topological polar surface area (TPSA) is 81.6 Å². The second-order valence-electron chi connectivity index (χ2n) is 10.1. The van der Waals surface area contributed by atoms with Crippen LogP contribution in [-0.2, 0) is 25.8 Å². The van der Waals surface area contributed by atoms with E-state index in [1.807, 2.05) is 12.3 Å². The molecule has 3 aromatic heterocycles. The Morgan fingerprint density at radius 1 is 0.943 bits per heavy atom. The lowest BCUT2D eigenvalue weighted by Gasteiger charge is -2.33. The molecule has 0 radical (unpaired) electrons. The van der Waals surface area contributed by atoms with Crippen molar-refractivity contribution in [1.82, 2.24) is 24.8 Å². The van der Waals surface area contributed by atoms with Crippen molar-refractivity contribution in [3.63, 3.8) is 0 Å². The van der Waals surface area contributed by atoms with Gasteiger partial charge < -0.3 is 15.6 Å². The van der Waals surface area contributed by atoms with Gasteiger partial charge >= 0.3 is 0 Å². The highest BCUT2D eigenvalue weighted by atomic mass is 15.1. The second-order valence-corrected chi connectivity index (χ2v) is 10.1. The number of nitrogens with zero attached hydrogens (tertiary/aromatic N) is 4. The van der Waals surface area contributed by atoms with Crippen LogP contribution in [0, 0.1) is 5.92 Å². The monoisotopic (exact) mass is 466 g/mol. The highest BCUT2D eigenvalue weighted by Gasteiger charge is 2.27. The largest absolute Gasteiger partial charge is 0.327 e. The van der Waals surface area contributed by atoms with Crippen molar-refractivity contribution in [2.45, 2.75) is 63.6 Å². The standard InChI is InChI=1S/C29H34N6/c30-24-10-5-7-20-13-14-23(33-29(20)24)18-28-34-25-11-1-2-12-27(25)35(28)19-21-8-6-16-32-26(21)17-22-9-3-4-15-31-22/h1-4,9,11-15,21,24,26,32H,5-8,10,16-19,30H2/t21-,24?,26?/m0/s1. The molecular weight excluding hydrogens is 432 g/mol. The molecular formula is C29H34N6. The van der Waals surface area contributed by atoms with E-state index >= 15 is 0 Å². The van der Waals surface area contributed by atoms with E-state index in [-0.39, 0.29) is 6.04 Å². The number of nitrogens with one attached hydrogen (secondary N) is 1. The lowest BCUT2D eigenvalue weighted by Crippen LogP contribution is -2.44. The predicted molar refractivity (Wildman–Crippen MR) is 139 cm³/mol. The number of hydrogen-bond acceptors (Lipinski definition) is 5. The van der Waals surface area contributed by atoms with E-state index in [1.165, 1.54) is 23.9 Å². The third-order valence-electron chi connectivity index (χ3n) is 7.75. The van der Waals surface area contributed by atoms with Gasteiger partial charge in [0.15, 0.2) is 0 Å². The van der Waals surface area contributed by atoms with E-state index in [1.54, 1.807) is 0 Å². The van der Waals surface area contributed by atoms with E-state index in [2.05, 4.69) is 63.4 Å². The van der Waals surface area contributed by atoms with Crippen LogP contribution in [0.5, 0.6) is 0 Å². The zero-order chi connectivity index (χ0) is 23.6. The first kappa shape index (κ1) is 22.4. The van der Waals surface area contributed by atoms with Crippen LogP contribution in [0.2, 0.25) is 0 Å². The fourth-order valence-electron chi connectivity index (χ4n) is 5.91. The molecule has 180 valence electrons. The molecule has 2 aliphatic rings. The number of nitrogens with two attached hydrogens (primary N) is 1. The van der Waals surface area contributed by atoms with Crippen LogP contribution < -0.4 is 11.1 Å². The molecule has 0 saturated carbocycles. The predicted octanol–water partition coefficient (Wildman–Crippen LogP) is 4.36. The summed E-state index contributed by atoms with van der Waals surface area (Å²) in [6.07, 6.45) is 9.25. The van der Waals surface area contributed by atoms with Gasteiger partial charge in [0.05, 0.1) is 16.7 Å². The number of aromatic nitrogens is 4. The molecule has 0 bridgehead atoms. The van der Waals surface area contributed by atoms with Gasteiger partial charge in [-0.1, -0.05) is 24.3 Å². The van der Waals surface area contributed by atoms with Crippen LogP contribution in [-0.4, -0.2) is 32.1 Å². The quantitative estimate of drug-likeness (QED) is 0.441. The van der Waals surface area contributed by atoms with Crippen molar-refractivity contribution in [3.8, 4) is 0 Å². The molecule has 2 unspecified atom stereocenters. The van der Waals surface area contributed by atoms with Crippen molar-refractivity contribution >= 4 is 11.0 Å². The van der Waals surface area contributed by atoms with E-state index in [0.29, 0.717) is 12.0 Å². The van der Waals surface area contributed by atoms with Gasteiger partial charge in [-0.25, -0.2) is 4.98 Å². The number of pyridine rings is 2. The lowest BCUT2D eigenvalue weighted by molar-refractivity contribution is 0.249. The molecule has 4 aromatic rings. The van der Waals surface area contributed by atoms with Crippen LogP contribution in [0.3, 0.4) is 0 Å². The number of fused-ring (bicyclic) bond motifs is 2. The normalized spacial score (nSPS) is 22.3. The van der Waals surface area contributed by atoms with Gasteiger partial charge in [0.1, 0.15) is 5.82 Å². The van der Waals surface area contributed by atoms with Crippen LogP contribution in [0.1, 0.15) is 60.2 Å². The van der Waals surface area contributed by atoms with Crippen LogP contribution in [0.4, 0.5) is 0 Å². The molecule has 1 aliphatic heterocycles. The summed E-state index contributed by atoms with van der Waals surface area (Å²) in [5.41, 5.74) is 13.3. The second kappa shape index (κ2) is 9.88. The van der Waals surface area contributed by atoms with Crippen molar-refractivity contribution in [2.24, 2.45) is 11.7 Å². The highest BCUT2D eigenvalue weighted by Crippen LogP contribution is 2.29. The van der Waals surface area contributed by atoms with Crippen molar-refractivity contribution in [3.05, 3.63) is 89.3 Å². The van der Waals surface area contributed by atoms with Gasteiger partial charge in [-0.05, 0) is 80.5 Å². The minimum atomic E-state index is 0.0539. The van der Waals surface area contributed by atoms with Crippen molar-refractivity contribution in [2.75, 3.05) is 6.54 Å². The first-order chi connectivity index (χ1) is 17.2. The Bertz CT molecular complexity index is 1300. The third-order valence-corrected chi connectivity index (χ3v) is 7.75. The fraction of sp³-hybridized carbons (Fsp3) is 0.414. The van der Waals surface area contributed by atoms with Gasteiger partial charge in [0.2, 0.25) is 0 Å². The molecule has 3 atom stereocenters. The average Bonchev–Trinajstić information content (AvgIpc) is 3.23. The number of imidazole rings is 1. The first-order valence-electron chi connectivity index (χ1n) is 13.1. The van der Waals surface area contributed by atoms with E-state index in [9.17, 15) is 0 Å². The summed E-state index contributed by atoms with van der Waals surface area (Å²) in [5, 5.41) is 3.79. The Labute approximate surface area is 207 Å². The van der Waals surface area contributed by atoms with Crippen LogP contribution in [0.25, 0.3) is 11.0 Å². The summed E-state index contributed by atoms with van der Waals surface area (Å²) < 4.78 is 2.44. The summed E-state index contributed by atoms with van der Waals surface area (Å²) in [6.45, 7) is 2.02. The Morgan fingerprint density at radius 2 is 1.86 bits per heavy atom. The summed E-state index contributed by atoms with van der Waals surface area (Å²) >= 11 is 0. The Kier molecular flexibility index (Phi) is 6.32. The summed E-state index contributed by atoms with van der Waals surface area (Å²) in [6, 6.07) is 19.6. The first-order valence-corrected chi connectivity index (χ1v) is 13.1. The van der Waals surface area contributed by atoms with Gasteiger partial charge in [0, 0.05) is 49.1 Å². The molecule has 6 rings (SSSR count). The summed E-state index contributed by atoms with van der Waals surface area (Å²) in [4.78, 5) is 14.7. The molecule has 6 nitrogen and oxygen atoms in total. The SMILES string of the molecule is NC1CCCc2ccc(Cc3nc4ccccc4n3C[C@@H]3CCCNC3Cc3ccccn3)nc21. The lowest BCUT2D eigenvalue weighted by atomic mass is 9.87. The maximum Gasteiger partial charge on any atom is 0.115 e. The number of aryl methyl sites for hydroxylation is 1. The molecule has 4 heterocycles. The van der Waals surface area contributed by atoms with Gasteiger partial charge in [-0.2, -0.15) is 0 Å². The number of benzene rings is 1. The molecule has 3 N–H and O–H groups in total. The fourth-order valence-corrected chi connectivity index (χ4v) is 5.91. The smallest absolute Gasteiger partial charge is 0.115 e. The molecule has 6 heteroatoms. The minimum Gasteiger partial charge on any atom is -0.327 e. The minimum absolute atomic E-state index is 0.0539. The van der Waals surface area contributed by atoms with E-state index in [4.69, 9.17) is 15.7 Å².